The van der Waals surface area contributed by atoms with Crippen LogP contribution in [0, 0.1) is 13.8 Å². The second-order valence-corrected chi connectivity index (χ2v) is 6.93. The molecule has 21 heavy (non-hydrogen) atoms. The van der Waals surface area contributed by atoms with E-state index in [1.54, 1.807) is 19.1 Å². The number of rotatable bonds is 3. The monoisotopic (exact) mass is 307 g/mol. The summed E-state index contributed by atoms with van der Waals surface area (Å²) in [5.74, 6) is -0.418. The number of esters is 1. The first kappa shape index (κ1) is 15.3. The Bertz CT molecular complexity index is 786. The van der Waals surface area contributed by atoms with Crippen LogP contribution in [0.2, 0.25) is 0 Å². The maximum atomic E-state index is 11.9. The minimum Gasteiger partial charge on any atom is -0.465 e. The summed E-state index contributed by atoms with van der Waals surface area (Å²) in [5, 5.41) is 0. The number of ether oxygens (including phenoxy) is 1. The van der Waals surface area contributed by atoms with Gasteiger partial charge in [-0.1, -0.05) is 12.1 Å². The van der Waals surface area contributed by atoms with E-state index in [-0.39, 0.29) is 4.90 Å². The number of aromatic nitrogens is 1. The molecule has 5 nitrogen and oxygen atoms in total. The number of methoxy groups -OCH3 is 1. The highest BCUT2D eigenvalue weighted by atomic mass is 32.2. The van der Waals surface area contributed by atoms with Crippen molar-refractivity contribution >= 4 is 15.8 Å². The molecule has 2 aromatic rings. The lowest BCUT2D eigenvalue weighted by Gasteiger charge is -2.06. The molecule has 0 atom stereocenters. The molecule has 0 radical (unpaired) electrons. The summed E-state index contributed by atoms with van der Waals surface area (Å²) in [6.07, 6.45) is 1.16. The molecule has 1 aromatic carbocycles. The van der Waals surface area contributed by atoms with Crippen molar-refractivity contribution in [1.82, 2.24) is 4.98 Å². The van der Waals surface area contributed by atoms with Crippen molar-refractivity contribution in [3.8, 4) is 11.1 Å². The maximum absolute atomic E-state index is 11.9. The first-order chi connectivity index (χ1) is 9.75. The summed E-state index contributed by atoms with van der Waals surface area (Å²) < 4.78 is 27.8. The molecule has 0 aliphatic carbocycles. The summed E-state index contributed by atoms with van der Waals surface area (Å²) in [7, 11) is -1.90. The molecule has 0 unspecified atom stereocenters. The molecule has 1 N–H and O–H groups in total. The van der Waals surface area contributed by atoms with Gasteiger partial charge in [-0.15, -0.1) is 0 Å². The van der Waals surface area contributed by atoms with E-state index in [4.69, 9.17) is 4.74 Å². The van der Waals surface area contributed by atoms with E-state index in [1.165, 1.54) is 19.2 Å². The number of H-pyrrole nitrogens is 1. The van der Waals surface area contributed by atoms with Crippen molar-refractivity contribution in [1.29, 1.82) is 0 Å². The van der Waals surface area contributed by atoms with Crippen molar-refractivity contribution < 1.29 is 17.9 Å². The fourth-order valence-corrected chi connectivity index (χ4v) is 3.00. The molecule has 0 bridgehead atoms. The SMILES string of the molecule is COC(=O)c1c(C)[nH]c(C)c1-c1ccc(S(C)(=O)=O)cc1. The Kier molecular flexibility index (Phi) is 3.91. The summed E-state index contributed by atoms with van der Waals surface area (Å²) in [5.41, 5.74) is 3.53. The number of carbonyl (C=O) groups excluding carboxylic acids is 1. The Hall–Kier alpha value is -2.08. The molecular weight excluding hydrogens is 290 g/mol. The van der Waals surface area contributed by atoms with E-state index in [0.29, 0.717) is 5.56 Å². The van der Waals surface area contributed by atoms with Crippen LogP contribution in [0.15, 0.2) is 29.2 Å². The first-order valence-corrected chi connectivity index (χ1v) is 8.22. The molecular formula is C15H17NO4S. The zero-order valence-electron chi connectivity index (χ0n) is 12.4. The van der Waals surface area contributed by atoms with Gasteiger partial charge in [0.25, 0.3) is 0 Å². The average Bonchev–Trinajstić information content (AvgIpc) is 2.71. The van der Waals surface area contributed by atoms with Crippen molar-refractivity contribution in [3.63, 3.8) is 0 Å². The smallest absolute Gasteiger partial charge is 0.340 e. The molecule has 0 amide bonds. The zero-order chi connectivity index (χ0) is 15.8. The van der Waals surface area contributed by atoms with Crippen LogP contribution >= 0.6 is 0 Å². The summed E-state index contributed by atoms with van der Waals surface area (Å²) >= 11 is 0. The van der Waals surface area contributed by atoms with Gasteiger partial charge in [0.2, 0.25) is 0 Å². The van der Waals surface area contributed by atoms with E-state index in [9.17, 15) is 13.2 Å². The van der Waals surface area contributed by atoms with Crippen molar-refractivity contribution in [2.45, 2.75) is 18.7 Å². The molecule has 0 saturated heterocycles. The van der Waals surface area contributed by atoms with Gasteiger partial charge in [-0.25, -0.2) is 13.2 Å². The van der Waals surface area contributed by atoms with E-state index < -0.39 is 15.8 Å². The fraction of sp³-hybridized carbons (Fsp3) is 0.267. The quantitative estimate of drug-likeness (QED) is 0.884. The minimum atomic E-state index is -3.24. The maximum Gasteiger partial charge on any atom is 0.340 e. The van der Waals surface area contributed by atoms with Crippen LogP contribution in [0.1, 0.15) is 21.7 Å². The zero-order valence-corrected chi connectivity index (χ0v) is 13.2. The molecule has 0 aliphatic rings. The molecule has 1 heterocycles. The largest absolute Gasteiger partial charge is 0.465 e. The molecule has 0 aliphatic heterocycles. The summed E-state index contributed by atoms with van der Waals surface area (Å²) in [4.78, 5) is 15.3. The molecule has 0 saturated carbocycles. The van der Waals surface area contributed by atoms with Crippen LogP contribution in [-0.4, -0.2) is 32.7 Å². The third-order valence-electron chi connectivity index (χ3n) is 3.34. The van der Waals surface area contributed by atoms with Crippen molar-refractivity contribution in [2.24, 2.45) is 0 Å². The summed E-state index contributed by atoms with van der Waals surface area (Å²) in [6, 6.07) is 6.46. The highest BCUT2D eigenvalue weighted by Gasteiger charge is 2.21. The topological polar surface area (TPSA) is 76.2 Å². The number of hydrogen-bond donors (Lipinski definition) is 1. The van der Waals surface area contributed by atoms with Crippen molar-refractivity contribution in [2.75, 3.05) is 13.4 Å². The average molecular weight is 307 g/mol. The standard InChI is InChI=1S/C15H17NO4S/c1-9-13(14(10(2)16-9)15(17)20-3)11-5-7-12(8-6-11)21(4,18)19/h5-8,16H,1-4H3. The normalized spacial score (nSPS) is 11.4. The van der Waals surface area contributed by atoms with Crippen LogP contribution < -0.4 is 0 Å². The van der Waals surface area contributed by atoms with Crippen LogP contribution in [0.25, 0.3) is 11.1 Å². The Morgan fingerprint density at radius 1 is 1.10 bits per heavy atom. The Balaban J connectivity index is 2.60. The van der Waals surface area contributed by atoms with Gasteiger partial charge in [-0.2, -0.15) is 0 Å². The van der Waals surface area contributed by atoms with Gasteiger partial charge in [-0.3, -0.25) is 0 Å². The first-order valence-electron chi connectivity index (χ1n) is 6.33. The van der Waals surface area contributed by atoms with Crippen LogP contribution in [0.5, 0.6) is 0 Å². The van der Waals surface area contributed by atoms with Crippen LogP contribution in [0.3, 0.4) is 0 Å². The van der Waals surface area contributed by atoms with Crippen LogP contribution in [-0.2, 0) is 14.6 Å². The number of nitrogens with one attached hydrogen (secondary N) is 1. The Labute approximate surface area is 123 Å². The molecule has 2 rings (SSSR count). The number of benzene rings is 1. The molecule has 6 heteroatoms. The second-order valence-electron chi connectivity index (χ2n) is 4.91. The highest BCUT2D eigenvalue weighted by Crippen LogP contribution is 2.31. The lowest BCUT2D eigenvalue weighted by atomic mass is 10.0. The molecule has 112 valence electrons. The second kappa shape index (κ2) is 5.37. The molecule has 1 aromatic heterocycles. The predicted molar refractivity (Wildman–Crippen MR) is 80.2 cm³/mol. The van der Waals surface area contributed by atoms with Gasteiger partial charge in [0.15, 0.2) is 9.84 Å². The predicted octanol–water partition coefficient (Wildman–Crippen LogP) is 2.49. The van der Waals surface area contributed by atoms with E-state index in [2.05, 4.69) is 4.98 Å². The van der Waals surface area contributed by atoms with E-state index in [1.807, 2.05) is 6.92 Å². The third kappa shape index (κ3) is 2.85. The molecule has 0 spiro atoms. The van der Waals surface area contributed by atoms with Gasteiger partial charge >= 0.3 is 5.97 Å². The van der Waals surface area contributed by atoms with Gasteiger partial charge in [0, 0.05) is 23.2 Å². The van der Waals surface area contributed by atoms with E-state index >= 15 is 0 Å². The number of aromatic amines is 1. The van der Waals surface area contributed by atoms with Crippen LogP contribution in [0.4, 0.5) is 0 Å². The van der Waals surface area contributed by atoms with Crippen molar-refractivity contribution in [3.05, 3.63) is 41.2 Å². The lowest BCUT2D eigenvalue weighted by molar-refractivity contribution is 0.0601. The highest BCUT2D eigenvalue weighted by molar-refractivity contribution is 7.90. The van der Waals surface area contributed by atoms with E-state index in [0.717, 1.165) is 28.8 Å². The van der Waals surface area contributed by atoms with Gasteiger partial charge < -0.3 is 9.72 Å². The molecule has 0 fully saturated rings. The number of hydrogen-bond acceptors (Lipinski definition) is 4. The fourth-order valence-electron chi connectivity index (χ4n) is 2.37. The van der Waals surface area contributed by atoms with Gasteiger partial charge in [0.1, 0.15) is 0 Å². The number of aryl methyl sites for hydroxylation is 2. The Morgan fingerprint density at radius 3 is 2.14 bits per heavy atom. The number of carbonyl (C=O) groups is 1. The number of sulfone groups is 1. The van der Waals surface area contributed by atoms with Gasteiger partial charge in [0.05, 0.1) is 17.6 Å². The van der Waals surface area contributed by atoms with Gasteiger partial charge in [-0.05, 0) is 31.5 Å². The minimum absolute atomic E-state index is 0.246. The lowest BCUT2D eigenvalue weighted by Crippen LogP contribution is -2.04. The summed E-state index contributed by atoms with van der Waals surface area (Å²) in [6.45, 7) is 3.66. The third-order valence-corrected chi connectivity index (χ3v) is 4.46. The Morgan fingerprint density at radius 2 is 1.67 bits per heavy atom.